The van der Waals surface area contributed by atoms with Gasteiger partial charge in [0.05, 0.1) is 6.20 Å². The third-order valence-electron chi connectivity index (χ3n) is 6.42. The van der Waals surface area contributed by atoms with E-state index >= 15 is 0 Å². The number of nitrogens with two attached hydrogens (primary N) is 1. The fraction of sp³-hybridized carbons (Fsp3) is 0.345. The Kier molecular flexibility index (Phi) is 8.37. The summed E-state index contributed by atoms with van der Waals surface area (Å²) in [6.45, 7) is 7.62. The number of aromatic nitrogens is 4. The second-order valence-corrected chi connectivity index (χ2v) is 10.6. The number of nitrogens with one attached hydrogen (secondary N) is 2. The van der Waals surface area contributed by atoms with Crippen LogP contribution in [0.4, 0.5) is 23.1 Å². The van der Waals surface area contributed by atoms with Crippen LogP contribution in [0.3, 0.4) is 0 Å². The molecule has 0 unspecified atom stereocenters. The van der Waals surface area contributed by atoms with Gasteiger partial charge in [0, 0.05) is 36.1 Å². The molecule has 0 atom stereocenters. The van der Waals surface area contributed by atoms with Crippen LogP contribution in [0.5, 0.6) is 0 Å². The fourth-order valence-corrected chi connectivity index (χ4v) is 4.07. The molecule has 0 spiro atoms. The Labute approximate surface area is 229 Å². The maximum absolute atomic E-state index is 13.0. The summed E-state index contributed by atoms with van der Waals surface area (Å²) >= 11 is 0. The zero-order valence-corrected chi connectivity index (χ0v) is 23.5. The molecule has 0 bridgehead atoms. The van der Waals surface area contributed by atoms with Gasteiger partial charge in [-0.15, -0.1) is 0 Å². The second-order valence-electron chi connectivity index (χ2n) is 10.6. The standard InChI is InChI=1S/C29H37N9O/c1-19-11-12-22(34-27(39)20-9-7-10-21(15-20)29(2,3)30)16-23(19)35-26-25-24(32-18-33-26)17-31-28(36-25)38(6)14-8-13-37(4)5/h7,9-12,15-18H,8,13-14,30H2,1-6H3,(H,34,39)(H,32,33,35). The van der Waals surface area contributed by atoms with Crippen molar-refractivity contribution in [1.29, 1.82) is 0 Å². The van der Waals surface area contributed by atoms with Gasteiger partial charge in [-0.2, -0.15) is 0 Å². The number of anilines is 4. The highest BCUT2D eigenvalue weighted by atomic mass is 16.1. The summed E-state index contributed by atoms with van der Waals surface area (Å²) in [5.41, 5.74) is 10.8. The highest BCUT2D eigenvalue weighted by Crippen LogP contribution is 2.27. The lowest BCUT2D eigenvalue weighted by molar-refractivity contribution is 0.102. The first-order valence-corrected chi connectivity index (χ1v) is 12.9. The molecule has 0 radical (unpaired) electrons. The quantitative estimate of drug-likeness (QED) is 0.277. The summed E-state index contributed by atoms with van der Waals surface area (Å²) in [6, 6.07) is 13.1. The molecular formula is C29H37N9O. The van der Waals surface area contributed by atoms with Crippen LogP contribution in [-0.4, -0.2) is 65.0 Å². The topological polar surface area (TPSA) is 125 Å². The molecule has 2 heterocycles. The van der Waals surface area contributed by atoms with E-state index in [0.29, 0.717) is 34.1 Å². The van der Waals surface area contributed by atoms with Gasteiger partial charge in [0.2, 0.25) is 5.95 Å². The van der Waals surface area contributed by atoms with E-state index in [1.165, 1.54) is 6.33 Å². The molecule has 4 aromatic rings. The van der Waals surface area contributed by atoms with Gasteiger partial charge in [-0.3, -0.25) is 4.79 Å². The van der Waals surface area contributed by atoms with Crippen molar-refractivity contribution in [1.82, 2.24) is 24.8 Å². The first kappa shape index (κ1) is 27.9. The smallest absolute Gasteiger partial charge is 0.255 e. The number of fused-ring (bicyclic) bond motifs is 1. The molecule has 4 rings (SSSR count). The van der Waals surface area contributed by atoms with E-state index in [1.54, 1.807) is 12.3 Å². The van der Waals surface area contributed by atoms with E-state index in [1.807, 2.05) is 69.1 Å². The van der Waals surface area contributed by atoms with Crippen LogP contribution in [0.25, 0.3) is 11.0 Å². The van der Waals surface area contributed by atoms with Crippen molar-refractivity contribution >= 4 is 40.1 Å². The van der Waals surface area contributed by atoms with Crippen LogP contribution < -0.4 is 21.3 Å². The van der Waals surface area contributed by atoms with Crippen LogP contribution in [0.2, 0.25) is 0 Å². The SMILES string of the molecule is Cc1ccc(NC(=O)c2cccc(C(C)(C)N)c2)cc1Nc1ncnc2cnc(N(C)CCCN(C)C)nc12. The predicted octanol–water partition coefficient (Wildman–Crippen LogP) is 4.31. The summed E-state index contributed by atoms with van der Waals surface area (Å²) in [5, 5.41) is 6.38. The lowest BCUT2D eigenvalue weighted by atomic mass is 9.94. The fourth-order valence-electron chi connectivity index (χ4n) is 4.07. The Morgan fingerprint density at radius 2 is 1.82 bits per heavy atom. The van der Waals surface area contributed by atoms with Gasteiger partial charge in [0.25, 0.3) is 5.91 Å². The molecule has 2 aromatic carbocycles. The molecule has 10 nitrogen and oxygen atoms in total. The van der Waals surface area contributed by atoms with Crippen molar-refractivity contribution in [2.24, 2.45) is 5.73 Å². The molecule has 0 aliphatic heterocycles. The summed E-state index contributed by atoms with van der Waals surface area (Å²) in [4.78, 5) is 35.3. The van der Waals surface area contributed by atoms with Gasteiger partial charge in [0.15, 0.2) is 5.82 Å². The lowest BCUT2D eigenvalue weighted by Crippen LogP contribution is -2.29. The summed E-state index contributed by atoms with van der Waals surface area (Å²) in [7, 11) is 6.10. The Hall–Kier alpha value is -4.15. The van der Waals surface area contributed by atoms with Crippen LogP contribution in [-0.2, 0) is 5.54 Å². The molecule has 0 aliphatic rings. The maximum Gasteiger partial charge on any atom is 0.255 e. The number of nitrogens with zero attached hydrogens (tertiary/aromatic N) is 6. The normalized spacial score (nSPS) is 11.6. The molecule has 0 saturated heterocycles. The van der Waals surface area contributed by atoms with Gasteiger partial charge >= 0.3 is 0 Å². The molecular weight excluding hydrogens is 490 g/mol. The summed E-state index contributed by atoms with van der Waals surface area (Å²) < 4.78 is 0. The maximum atomic E-state index is 13.0. The molecule has 39 heavy (non-hydrogen) atoms. The molecule has 0 saturated carbocycles. The average molecular weight is 528 g/mol. The minimum Gasteiger partial charge on any atom is -0.344 e. The third kappa shape index (κ3) is 7.04. The number of benzene rings is 2. The van der Waals surface area contributed by atoms with Crippen LogP contribution in [0.15, 0.2) is 55.0 Å². The zero-order chi connectivity index (χ0) is 28.2. The van der Waals surface area contributed by atoms with Gasteiger partial charge in [0.1, 0.15) is 17.4 Å². The number of aryl methyl sites for hydroxylation is 1. The largest absolute Gasteiger partial charge is 0.344 e. The van der Waals surface area contributed by atoms with E-state index in [-0.39, 0.29) is 5.91 Å². The monoisotopic (exact) mass is 527 g/mol. The average Bonchev–Trinajstić information content (AvgIpc) is 2.90. The van der Waals surface area contributed by atoms with Gasteiger partial charge < -0.3 is 26.2 Å². The van der Waals surface area contributed by atoms with Gasteiger partial charge in [-0.1, -0.05) is 18.2 Å². The zero-order valence-electron chi connectivity index (χ0n) is 23.5. The number of hydrogen-bond donors (Lipinski definition) is 3. The van der Waals surface area contributed by atoms with E-state index < -0.39 is 5.54 Å². The Bertz CT molecular complexity index is 1460. The molecule has 0 aliphatic carbocycles. The molecule has 4 N–H and O–H groups in total. The van der Waals surface area contributed by atoms with Crippen molar-refractivity contribution in [3.63, 3.8) is 0 Å². The van der Waals surface area contributed by atoms with E-state index in [2.05, 4.69) is 44.6 Å². The van der Waals surface area contributed by atoms with E-state index in [9.17, 15) is 4.79 Å². The molecule has 10 heteroatoms. The number of hydrogen-bond acceptors (Lipinski definition) is 9. The van der Waals surface area contributed by atoms with Crippen molar-refractivity contribution < 1.29 is 4.79 Å². The van der Waals surface area contributed by atoms with Crippen LogP contribution in [0, 0.1) is 6.92 Å². The molecule has 204 valence electrons. The Morgan fingerprint density at radius 3 is 2.56 bits per heavy atom. The minimum atomic E-state index is -0.540. The highest BCUT2D eigenvalue weighted by Gasteiger charge is 2.17. The Balaban J connectivity index is 1.56. The number of amides is 1. The molecule has 1 amide bonds. The number of carbonyl (C=O) groups excluding carboxylic acids is 1. The highest BCUT2D eigenvalue weighted by molar-refractivity contribution is 6.04. The summed E-state index contributed by atoms with van der Waals surface area (Å²) in [6.07, 6.45) is 4.20. The predicted molar refractivity (Wildman–Crippen MR) is 158 cm³/mol. The molecule has 2 aromatic heterocycles. The minimum absolute atomic E-state index is 0.210. The number of rotatable bonds is 10. The van der Waals surface area contributed by atoms with Crippen molar-refractivity contribution in [2.75, 3.05) is 49.8 Å². The van der Waals surface area contributed by atoms with Crippen LogP contribution in [0.1, 0.15) is 41.8 Å². The Morgan fingerprint density at radius 1 is 1.03 bits per heavy atom. The van der Waals surface area contributed by atoms with Gasteiger partial charge in [-0.05, 0) is 83.2 Å². The second kappa shape index (κ2) is 11.7. The van der Waals surface area contributed by atoms with Crippen molar-refractivity contribution in [2.45, 2.75) is 32.7 Å². The van der Waals surface area contributed by atoms with E-state index in [0.717, 1.165) is 36.3 Å². The third-order valence-corrected chi connectivity index (χ3v) is 6.42. The van der Waals surface area contributed by atoms with Crippen molar-refractivity contribution in [3.8, 4) is 0 Å². The van der Waals surface area contributed by atoms with Crippen molar-refractivity contribution in [3.05, 3.63) is 71.7 Å². The molecule has 0 fully saturated rings. The first-order valence-electron chi connectivity index (χ1n) is 12.9. The summed E-state index contributed by atoms with van der Waals surface area (Å²) in [5.74, 6) is 0.965. The lowest BCUT2D eigenvalue weighted by Gasteiger charge is -2.20. The number of carbonyl (C=O) groups is 1. The van der Waals surface area contributed by atoms with Crippen LogP contribution >= 0.6 is 0 Å². The van der Waals surface area contributed by atoms with Gasteiger partial charge in [-0.25, -0.2) is 19.9 Å². The van der Waals surface area contributed by atoms with E-state index in [4.69, 9.17) is 10.7 Å². The first-order chi connectivity index (χ1) is 18.5.